The molecular formula is C14H14N2O3S. The third kappa shape index (κ3) is 3.03. The van der Waals surface area contributed by atoms with Crippen LogP contribution in [0.1, 0.15) is 38.2 Å². The molecule has 2 heterocycles. The molecule has 0 radical (unpaired) electrons. The van der Waals surface area contributed by atoms with Crippen molar-refractivity contribution >= 4 is 28.2 Å². The van der Waals surface area contributed by atoms with Gasteiger partial charge in [-0.15, -0.1) is 11.3 Å². The fourth-order valence-electron chi connectivity index (χ4n) is 1.73. The molecule has 5 nitrogen and oxygen atoms in total. The van der Waals surface area contributed by atoms with Gasteiger partial charge in [-0.25, -0.2) is 4.79 Å². The van der Waals surface area contributed by atoms with E-state index in [2.05, 4.69) is 10.3 Å². The van der Waals surface area contributed by atoms with Crippen LogP contribution in [0.15, 0.2) is 24.4 Å². The van der Waals surface area contributed by atoms with Crippen LogP contribution in [0.3, 0.4) is 0 Å². The lowest BCUT2D eigenvalue weighted by Crippen LogP contribution is -2.13. The van der Waals surface area contributed by atoms with E-state index < -0.39 is 5.97 Å². The fraction of sp³-hybridized carbons (Fsp3) is 0.214. The van der Waals surface area contributed by atoms with Crippen molar-refractivity contribution in [2.24, 2.45) is 0 Å². The lowest BCUT2D eigenvalue weighted by atomic mass is 10.2. The summed E-state index contributed by atoms with van der Waals surface area (Å²) in [6.07, 6.45) is 2.28. The van der Waals surface area contributed by atoms with Crippen molar-refractivity contribution in [2.75, 3.05) is 5.32 Å². The Morgan fingerprint density at radius 1 is 1.40 bits per heavy atom. The number of hydrogen-bond donors (Lipinski definition) is 2. The smallest absolute Gasteiger partial charge is 0.338 e. The van der Waals surface area contributed by atoms with Crippen LogP contribution in [-0.4, -0.2) is 22.0 Å². The molecule has 0 atom stereocenters. The Morgan fingerprint density at radius 2 is 2.15 bits per heavy atom. The largest absolute Gasteiger partial charge is 0.478 e. The summed E-state index contributed by atoms with van der Waals surface area (Å²) in [6, 6.07) is 4.85. The van der Waals surface area contributed by atoms with Crippen LogP contribution in [-0.2, 0) is 6.42 Å². The van der Waals surface area contributed by atoms with E-state index in [9.17, 15) is 9.59 Å². The number of aromatic carboxylic acids is 1. The van der Waals surface area contributed by atoms with E-state index in [0.29, 0.717) is 10.6 Å². The third-order valence-electron chi connectivity index (χ3n) is 2.75. The number of aromatic nitrogens is 1. The van der Waals surface area contributed by atoms with Gasteiger partial charge in [-0.3, -0.25) is 9.78 Å². The number of amides is 1. The molecule has 0 unspecified atom stereocenters. The van der Waals surface area contributed by atoms with Gasteiger partial charge < -0.3 is 10.4 Å². The number of aryl methyl sites for hydroxylation is 2. The van der Waals surface area contributed by atoms with Gasteiger partial charge in [0.2, 0.25) is 0 Å². The van der Waals surface area contributed by atoms with Crippen LogP contribution in [0, 0.1) is 6.92 Å². The summed E-state index contributed by atoms with van der Waals surface area (Å²) in [5.74, 6) is -1.37. The monoisotopic (exact) mass is 290 g/mol. The Hall–Kier alpha value is -2.21. The van der Waals surface area contributed by atoms with Gasteiger partial charge in [0.1, 0.15) is 5.00 Å². The molecule has 0 bridgehead atoms. The molecule has 0 fully saturated rings. The van der Waals surface area contributed by atoms with Gasteiger partial charge in [0.05, 0.1) is 5.56 Å². The minimum atomic E-state index is -1.04. The molecule has 2 N–H and O–H groups in total. The summed E-state index contributed by atoms with van der Waals surface area (Å²) in [5.41, 5.74) is 1.32. The number of nitrogens with zero attached hydrogens (tertiary/aromatic N) is 1. The summed E-state index contributed by atoms with van der Waals surface area (Å²) in [7, 11) is 0. The number of thiophene rings is 1. The Labute approximate surface area is 120 Å². The standard InChI is InChI=1S/C14H14N2O3S/c1-3-10-7-11(14(18)19)13(20-10)16-12(17)9-4-5-15-8(2)6-9/h4-7H,3H2,1-2H3,(H,16,17)(H,18,19). The molecule has 2 aromatic rings. The quantitative estimate of drug-likeness (QED) is 0.907. The number of carboxylic acids is 1. The Balaban J connectivity index is 2.27. The van der Waals surface area contributed by atoms with E-state index in [4.69, 9.17) is 5.11 Å². The van der Waals surface area contributed by atoms with E-state index >= 15 is 0 Å². The molecule has 20 heavy (non-hydrogen) atoms. The van der Waals surface area contributed by atoms with Crippen LogP contribution in [0.25, 0.3) is 0 Å². The van der Waals surface area contributed by atoms with Crippen LogP contribution in [0.5, 0.6) is 0 Å². The zero-order valence-corrected chi connectivity index (χ0v) is 12.0. The number of rotatable bonds is 4. The van der Waals surface area contributed by atoms with E-state index in [-0.39, 0.29) is 11.5 Å². The maximum absolute atomic E-state index is 12.1. The highest BCUT2D eigenvalue weighted by atomic mass is 32.1. The zero-order chi connectivity index (χ0) is 14.7. The first-order valence-corrected chi connectivity index (χ1v) is 6.93. The van der Waals surface area contributed by atoms with E-state index in [1.54, 1.807) is 31.3 Å². The zero-order valence-electron chi connectivity index (χ0n) is 11.1. The lowest BCUT2D eigenvalue weighted by Gasteiger charge is -2.04. The average Bonchev–Trinajstić information content (AvgIpc) is 2.82. The van der Waals surface area contributed by atoms with Crippen LogP contribution in [0.4, 0.5) is 5.00 Å². The van der Waals surface area contributed by atoms with Gasteiger partial charge in [-0.1, -0.05) is 6.92 Å². The van der Waals surface area contributed by atoms with E-state index in [0.717, 1.165) is 17.0 Å². The van der Waals surface area contributed by atoms with Gasteiger partial charge in [-0.05, 0) is 31.5 Å². The number of hydrogen-bond acceptors (Lipinski definition) is 4. The Morgan fingerprint density at radius 3 is 2.75 bits per heavy atom. The lowest BCUT2D eigenvalue weighted by molar-refractivity contribution is 0.0698. The van der Waals surface area contributed by atoms with Gasteiger partial charge in [0.25, 0.3) is 5.91 Å². The summed E-state index contributed by atoms with van der Waals surface area (Å²) < 4.78 is 0. The van der Waals surface area contributed by atoms with Crippen LogP contribution in [0.2, 0.25) is 0 Å². The number of pyridine rings is 1. The van der Waals surface area contributed by atoms with Crippen LogP contribution < -0.4 is 5.32 Å². The van der Waals surface area contributed by atoms with Crippen molar-refractivity contribution in [2.45, 2.75) is 20.3 Å². The number of carbonyl (C=O) groups excluding carboxylic acids is 1. The molecule has 0 saturated carbocycles. The third-order valence-corrected chi connectivity index (χ3v) is 3.94. The molecule has 0 aliphatic rings. The van der Waals surface area contributed by atoms with Crippen molar-refractivity contribution in [3.05, 3.63) is 46.1 Å². The topological polar surface area (TPSA) is 79.3 Å². The molecule has 0 aromatic carbocycles. The maximum Gasteiger partial charge on any atom is 0.338 e. The first kappa shape index (κ1) is 14.2. The Kier molecular flexibility index (Phi) is 4.14. The predicted molar refractivity (Wildman–Crippen MR) is 77.6 cm³/mol. The second kappa shape index (κ2) is 5.83. The van der Waals surface area contributed by atoms with Crippen molar-refractivity contribution in [1.29, 1.82) is 0 Å². The first-order valence-electron chi connectivity index (χ1n) is 6.11. The number of carboxylic acid groups (broad SMARTS) is 1. The average molecular weight is 290 g/mol. The molecule has 2 rings (SSSR count). The SMILES string of the molecule is CCc1cc(C(=O)O)c(NC(=O)c2ccnc(C)c2)s1. The molecule has 0 aliphatic carbocycles. The van der Waals surface area contributed by atoms with Crippen molar-refractivity contribution in [3.8, 4) is 0 Å². The molecule has 0 saturated heterocycles. The normalized spacial score (nSPS) is 10.3. The van der Waals surface area contributed by atoms with E-state index in [1.165, 1.54) is 11.3 Å². The second-order valence-electron chi connectivity index (χ2n) is 4.25. The molecular weight excluding hydrogens is 276 g/mol. The molecule has 6 heteroatoms. The molecule has 2 aromatic heterocycles. The predicted octanol–water partition coefficient (Wildman–Crippen LogP) is 2.96. The summed E-state index contributed by atoms with van der Waals surface area (Å²) >= 11 is 1.29. The van der Waals surface area contributed by atoms with Gasteiger partial charge in [0.15, 0.2) is 0 Å². The minimum absolute atomic E-state index is 0.131. The van der Waals surface area contributed by atoms with Crippen LogP contribution >= 0.6 is 11.3 Å². The summed E-state index contributed by atoms with van der Waals surface area (Å²) in [6.45, 7) is 3.73. The highest BCUT2D eigenvalue weighted by Crippen LogP contribution is 2.29. The van der Waals surface area contributed by atoms with Gasteiger partial charge in [-0.2, -0.15) is 0 Å². The van der Waals surface area contributed by atoms with Crippen molar-refractivity contribution < 1.29 is 14.7 Å². The van der Waals surface area contributed by atoms with E-state index in [1.807, 2.05) is 6.92 Å². The number of anilines is 1. The van der Waals surface area contributed by atoms with Gasteiger partial charge >= 0.3 is 5.97 Å². The summed E-state index contributed by atoms with van der Waals surface area (Å²) in [5, 5.41) is 12.2. The molecule has 1 amide bonds. The first-order chi connectivity index (χ1) is 9.51. The number of nitrogens with one attached hydrogen (secondary N) is 1. The van der Waals surface area contributed by atoms with Crippen molar-refractivity contribution in [3.63, 3.8) is 0 Å². The number of carbonyl (C=O) groups is 2. The molecule has 104 valence electrons. The maximum atomic E-state index is 12.1. The molecule has 0 spiro atoms. The highest BCUT2D eigenvalue weighted by molar-refractivity contribution is 7.16. The van der Waals surface area contributed by atoms with Gasteiger partial charge in [0, 0.05) is 22.3 Å². The fourth-order valence-corrected chi connectivity index (χ4v) is 2.71. The second-order valence-corrected chi connectivity index (χ2v) is 5.39. The molecule has 0 aliphatic heterocycles. The minimum Gasteiger partial charge on any atom is -0.478 e. The highest BCUT2D eigenvalue weighted by Gasteiger charge is 2.17. The Bertz CT molecular complexity index is 664. The van der Waals surface area contributed by atoms with Crippen molar-refractivity contribution in [1.82, 2.24) is 4.98 Å². The summed E-state index contributed by atoms with van der Waals surface area (Å²) in [4.78, 5) is 28.2.